The summed E-state index contributed by atoms with van der Waals surface area (Å²) in [5, 5.41) is 11.7. The van der Waals surface area contributed by atoms with Gasteiger partial charge >= 0.3 is 0 Å². The van der Waals surface area contributed by atoms with Gasteiger partial charge in [0.2, 0.25) is 5.91 Å². The van der Waals surface area contributed by atoms with E-state index in [-0.39, 0.29) is 18.6 Å². The number of aliphatic hydroxyl groups is 1. The van der Waals surface area contributed by atoms with Crippen molar-refractivity contribution in [1.29, 1.82) is 0 Å². The Kier molecular flexibility index (Phi) is 7.42. The summed E-state index contributed by atoms with van der Waals surface area (Å²) in [4.78, 5) is 13.1. The molecule has 14 heavy (non-hydrogen) atoms. The van der Waals surface area contributed by atoms with Crippen LogP contribution in [0.25, 0.3) is 0 Å². The van der Waals surface area contributed by atoms with Gasteiger partial charge in [0.25, 0.3) is 0 Å². The number of nitrogens with zero attached hydrogens (tertiary/aromatic N) is 1. The van der Waals surface area contributed by atoms with Crippen LogP contribution in [0.5, 0.6) is 0 Å². The first kappa shape index (κ1) is 13.4. The van der Waals surface area contributed by atoms with E-state index < -0.39 is 0 Å². The quantitative estimate of drug-likeness (QED) is 0.621. The summed E-state index contributed by atoms with van der Waals surface area (Å²) in [5.41, 5.74) is 0. The van der Waals surface area contributed by atoms with Gasteiger partial charge in [0.05, 0.1) is 6.54 Å². The molecule has 0 rings (SSSR count). The molecule has 4 heteroatoms. The third kappa shape index (κ3) is 5.94. The molecule has 0 aliphatic heterocycles. The molecule has 0 aromatic carbocycles. The molecule has 0 spiro atoms. The molecule has 4 nitrogen and oxygen atoms in total. The van der Waals surface area contributed by atoms with Crippen LogP contribution in [0.1, 0.15) is 26.7 Å². The van der Waals surface area contributed by atoms with E-state index in [1.54, 1.807) is 11.9 Å². The second kappa shape index (κ2) is 7.76. The summed E-state index contributed by atoms with van der Waals surface area (Å²) >= 11 is 0. The van der Waals surface area contributed by atoms with Gasteiger partial charge in [0.1, 0.15) is 0 Å². The van der Waals surface area contributed by atoms with E-state index in [0.717, 1.165) is 19.4 Å². The van der Waals surface area contributed by atoms with Crippen LogP contribution in [0.4, 0.5) is 0 Å². The minimum Gasteiger partial charge on any atom is -0.396 e. The molecular formula is C10H22N2O2. The van der Waals surface area contributed by atoms with Crippen molar-refractivity contribution in [2.45, 2.75) is 32.7 Å². The molecular weight excluding hydrogens is 180 g/mol. The van der Waals surface area contributed by atoms with Crippen LogP contribution in [0, 0.1) is 0 Å². The Morgan fingerprint density at radius 3 is 2.71 bits per heavy atom. The highest BCUT2D eigenvalue weighted by Crippen LogP contribution is 1.94. The second-order valence-electron chi connectivity index (χ2n) is 3.56. The Hall–Kier alpha value is -0.610. The summed E-state index contributed by atoms with van der Waals surface area (Å²) < 4.78 is 0. The van der Waals surface area contributed by atoms with Crippen molar-refractivity contribution in [2.24, 2.45) is 0 Å². The fourth-order valence-corrected chi connectivity index (χ4v) is 1.07. The Bertz CT molecular complexity index is 162. The largest absolute Gasteiger partial charge is 0.396 e. The second-order valence-corrected chi connectivity index (χ2v) is 3.56. The lowest BCUT2D eigenvalue weighted by atomic mass is 10.2. The number of rotatable bonds is 7. The van der Waals surface area contributed by atoms with Crippen molar-refractivity contribution in [3.05, 3.63) is 0 Å². The molecule has 0 aromatic rings. The van der Waals surface area contributed by atoms with E-state index >= 15 is 0 Å². The number of carbonyl (C=O) groups is 1. The highest BCUT2D eigenvalue weighted by atomic mass is 16.2. The van der Waals surface area contributed by atoms with Crippen molar-refractivity contribution >= 4 is 5.91 Å². The van der Waals surface area contributed by atoms with Crippen molar-refractivity contribution < 1.29 is 9.90 Å². The van der Waals surface area contributed by atoms with Crippen molar-refractivity contribution in [1.82, 2.24) is 10.2 Å². The van der Waals surface area contributed by atoms with Crippen LogP contribution < -0.4 is 5.32 Å². The normalized spacial score (nSPS) is 12.6. The van der Waals surface area contributed by atoms with Gasteiger partial charge in [-0.3, -0.25) is 4.79 Å². The maximum absolute atomic E-state index is 11.4. The fraction of sp³-hybridized carbons (Fsp3) is 0.900. The Morgan fingerprint density at radius 1 is 1.57 bits per heavy atom. The van der Waals surface area contributed by atoms with Gasteiger partial charge in [-0.15, -0.1) is 0 Å². The smallest absolute Gasteiger partial charge is 0.236 e. The van der Waals surface area contributed by atoms with Gasteiger partial charge in [-0.1, -0.05) is 0 Å². The van der Waals surface area contributed by atoms with E-state index in [9.17, 15) is 4.79 Å². The van der Waals surface area contributed by atoms with Crippen LogP contribution in [0.15, 0.2) is 0 Å². The fourth-order valence-electron chi connectivity index (χ4n) is 1.07. The zero-order valence-corrected chi connectivity index (χ0v) is 9.42. The van der Waals surface area contributed by atoms with E-state index in [2.05, 4.69) is 5.32 Å². The van der Waals surface area contributed by atoms with Crippen LogP contribution in [0.2, 0.25) is 0 Å². The molecule has 0 saturated heterocycles. The van der Waals surface area contributed by atoms with Crippen LogP contribution in [-0.4, -0.2) is 48.7 Å². The summed E-state index contributed by atoms with van der Waals surface area (Å²) in [6.07, 6.45) is 1.69. The Morgan fingerprint density at radius 2 is 2.21 bits per heavy atom. The Labute approximate surface area is 86.3 Å². The van der Waals surface area contributed by atoms with Crippen LogP contribution in [0.3, 0.4) is 0 Å². The molecule has 0 bridgehead atoms. The average molecular weight is 202 g/mol. The molecule has 1 unspecified atom stereocenters. The summed E-state index contributed by atoms with van der Waals surface area (Å²) in [5.74, 6) is 0.114. The molecule has 1 atom stereocenters. The molecule has 0 fully saturated rings. The monoisotopic (exact) mass is 202 g/mol. The third-order valence-electron chi connectivity index (χ3n) is 2.30. The van der Waals surface area contributed by atoms with Crippen LogP contribution >= 0.6 is 0 Å². The number of amides is 1. The minimum absolute atomic E-state index is 0.114. The first-order valence-electron chi connectivity index (χ1n) is 5.20. The SMILES string of the molecule is CCN(C)C(=O)CNC(C)CCCO. The molecule has 0 aromatic heterocycles. The number of carbonyl (C=O) groups excluding carboxylic acids is 1. The van der Waals surface area contributed by atoms with E-state index in [1.165, 1.54) is 0 Å². The zero-order chi connectivity index (χ0) is 11.0. The first-order valence-corrected chi connectivity index (χ1v) is 5.20. The van der Waals surface area contributed by atoms with Gasteiger partial charge in [0, 0.05) is 26.2 Å². The Balaban J connectivity index is 3.55. The maximum Gasteiger partial charge on any atom is 0.236 e. The topological polar surface area (TPSA) is 52.6 Å². The van der Waals surface area contributed by atoms with Crippen LogP contribution in [-0.2, 0) is 4.79 Å². The van der Waals surface area contributed by atoms with E-state index in [1.807, 2.05) is 13.8 Å². The molecule has 84 valence electrons. The third-order valence-corrected chi connectivity index (χ3v) is 2.30. The van der Waals surface area contributed by atoms with Crippen molar-refractivity contribution in [3.8, 4) is 0 Å². The molecule has 2 N–H and O–H groups in total. The van der Waals surface area contributed by atoms with Crippen molar-refractivity contribution in [2.75, 3.05) is 26.7 Å². The predicted molar refractivity (Wildman–Crippen MR) is 57.1 cm³/mol. The number of nitrogens with one attached hydrogen (secondary N) is 1. The summed E-state index contributed by atoms with van der Waals surface area (Å²) in [7, 11) is 1.79. The average Bonchev–Trinajstić information content (AvgIpc) is 2.21. The van der Waals surface area contributed by atoms with Gasteiger partial charge in [0.15, 0.2) is 0 Å². The van der Waals surface area contributed by atoms with Gasteiger partial charge in [-0.25, -0.2) is 0 Å². The lowest BCUT2D eigenvalue weighted by molar-refractivity contribution is -0.128. The van der Waals surface area contributed by atoms with Gasteiger partial charge in [-0.05, 0) is 26.7 Å². The molecule has 0 radical (unpaired) electrons. The highest BCUT2D eigenvalue weighted by molar-refractivity contribution is 5.77. The number of hydrogen-bond donors (Lipinski definition) is 2. The molecule has 0 heterocycles. The molecule has 0 aliphatic rings. The maximum atomic E-state index is 11.4. The molecule has 0 saturated carbocycles. The standard InChI is InChI=1S/C10H22N2O2/c1-4-12(3)10(14)8-11-9(2)6-5-7-13/h9,11,13H,4-8H2,1-3H3. The van der Waals surface area contributed by atoms with Gasteiger partial charge in [-0.2, -0.15) is 0 Å². The van der Waals surface area contributed by atoms with E-state index in [0.29, 0.717) is 6.54 Å². The number of aliphatic hydroxyl groups excluding tert-OH is 1. The number of likely N-dealkylation sites (N-methyl/N-ethyl adjacent to an activating group) is 1. The number of hydrogen-bond acceptors (Lipinski definition) is 3. The molecule has 0 aliphatic carbocycles. The lowest BCUT2D eigenvalue weighted by Gasteiger charge is -2.17. The first-order chi connectivity index (χ1) is 6.61. The summed E-state index contributed by atoms with van der Waals surface area (Å²) in [6.45, 7) is 5.32. The van der Waals surface area contributed by atoms with Crippen molar-refractivity contribution in [3.63, 3.8) is 0 Å². The molecule has 1 amide bonds. The highest BCUT2D eigenvalue weighted by Gasteiger charge is 2.07. The minimum atomic E-state index is 0.114. The lowest BCUT2D eigenvalue weighted by Crippen LogP contribution is -2.39. The van der Waals surface area contributed by atoms with Gasteiger partial charge < -0.3 is 15.3 Å². The summed E-state index contributed by atoms with van der Waals surface area (Å²) in [6, 6.07) is 0.288. The van der Waals surface area contributed by atoms with E-state index in [4.69, 9.17) is 5.11 Å². The predicted octanol–water partition coefficient (Wildman–Crippen LogP) is 0.215. The zero-order valence-electron chi connectivity index (χ0n) is 9.42.